The van der Waals surface area contributed by atoms with Gasteiger partial charge in [-0.15, -0.1) is 5.10 Å². The molecule has 33 heavy (non-hydrogen) atoms. The van der Waals surface area contributed by atoms with Crippen LogP contribution >= 0.6 is 0 Å². The van der Waals surface area contributed by atoms with Gasteiger partial charge in [-0.2, -0.15) is 9.61 Å². The molecule has 0 saturated carbocycles. The number of nitrogens with two attached hydrogens (primary N) is 1. The number of aliphatic hydroxyl groups excluding tert-OH is 1. The number of ether oxygens (including phenoxy) is 1. The number of methoxy groups -OCH3 is 1. The summed E-state index contributed by atoms with van der Waals surface area (Å²) in [5.74, 6) is 0.748. The second-order valence-electron chi connectivity index (χ2n) is 8.62. The lowest BCUT2D eigenvalue weighted by Crippen LogP contribution is -2.34. The number of aromatic nitrogens is 6. The van der Waals surface area contributed by atoms with E-state index >= 15 is 0 Å². The highest BCUT2D eigenvalue weighted by atomic mass is 19.1. The van der Waals surface area contributed by atoms with Gasteiger partial charge in [-0.1, -0.05) is 0 Å². The van der Waals surface area contributed by atoms with Gasteiger partial charge in [-0.25, -0.2) is 14.4 Å². The molecule has 1 saturated heterocycles. The van der Waals surface area contributed by atoms with Crippen LogP contribution in [-0.4, -0.2) is 60.8 Å². The fourth-order valence-corrected chi connectivity index (χ4v) is 4.37. The second kappa shape index (κ2) is 8.14. The van der Waals surface area contributed by atoms with Gasteiger partial charge in [0.05, 0.1) is 36.5 Å². The summed E-state index contributed by atoms with van der Waals surface area (Å²) in [6.07, 6.45) is 5.18. The van der Waals surface area contributed by atoms with Crippen molar-refractivity contribution >= 4 is 28.2 Å². The maximum Gasteiger partial charge on any atom is 0.223 e. The minimum absolute atomic E-state index is 0.0705. The lowest BCUT2D eigenvalue weighted by molar-refractivity contribution is 0.132. The van der Waals surface area contributed by atoms with Crippen LogP contribution in [0.3, 0.4) is 0 Å². The van der Waals surface area contributed by atoms with Gasteiger partial charge in [-0.05, 0) is 32.8 Å². The number of halogens is 1. The summed E-state index contributed by atoms with van der Waals surface area (Å²) in [5, 5.41) is 19.4. The zero-order chi connectivity index (χ0) is 23.3. The Labute approximate surface area is 189 Å². The van der Waals surface area contributed by atoms with E-state index in [1.807, 2.05) is 19.3 Å². The molecule has 3 aromatic heterocycles. The van der Waals surface area contributed by atoms with Gasteiger partial charge >= 0.3 is 0 Å². The number of anilines is 2. The molecular formula is C22H27FN8O2. The van der Waals surface area contributed by atoms with E-state index in [1.165, 1.54) is 23.8 Å². The van der Waals surface area contributed by atoms with E-state index in [9.17, 15) is 9.50 Å². The zero-order valence-electron chi connectivity index (χ0n) is 18.8. The number of nitrogens with zero attached hydrogens (tertiary/aromatic N) is 7. The predicted molar refractivity (Wildman–Crippen MR) is 122 cm³/mol. The van der Waals surface area contributed by atoms with Crippen molar-refractivity contribution in [3.8, 4) is 5.75 Å². The van der Waals surface area contributed by atoms with Crippen LogP contribution in [0, 0.1) is 5.82 Å². The third kappa shape index (κ3) is 3.71. The van der Waals surface area contributed by atoms with E-state index in [-0.39, 0.29) is 17.9 Å². The molecular weight excluding hydrogens is 427 g/mol. The summed E-state index contributed by atoms with van der Waals surface area (Å²) in [7, 11) is 1.46. The number of aliphatic hydroxyl groups is 1. The highest BCUT2D eigenvalue weighted by molar-refractivity contribution is 5.95. The number of hydrogen-bond acceptors (Lipinski definition) is 8. The first-order chi connectivity index (χ1) is 15.9. The fraction of sp³-hybridized carbons (Fsp3) is 0.455. The van der Waals surface area contributed by atoms with Gasteiger partial charge in [0, 0.05) is 31.3 Å². The molecule has 3 N–H and O–H groups in total. The van der Waals surface area contributed by atoms with E-state index in [0.29, 0.717) is 34.7 Å². The van der Waals surface area contributed by atoms with Crippen LogP contribution in [0.25, 0.3) is 16.6 Å². The smallest absolute Gasteiger partial charge is 0.223 e. The van der Waals surface area contributed by atoms with Gasteiger partial charge in [0.15, 0.2) is 11.5 Å². The average Bonchev–Trinajstić information content (AvgIpc) is 3.47. The van der Waals surface area contributed by atoms with Crippen LogP contribution in [0.1, 0.15) is 44.5 Å². The van der Waals surface area contributed by atoms with Crippen LogP contribution < -0.4 is 15.4 Å². The largest absolute Gasteiger partial charge is 0.494 e. The summed E-state index contributed by atoms with van der Waals surface area (Å²) in [4.78, 5) is 11.4. The molecule has 0 bridgehead atoms. The molecule has 5 rings (SSSR count). The molecule has 0 spiro atoms. The van der Waals surface area contributed by atoms with Crippen LogP contribution in [-0.2, 0) is 0 Å². The Morgan fingerprint density at radius 3 is 2.85 bits per heavy atom. The minimum Gasteiger partial charge on any atom is -0.494 e. The molecule has 0 radical (unpaired) electrons. The minimum atomic E-state index is -0.494. The van der Waals surface area contributed by atoms with Gasteiger partial charge in [-0.3, -0.25) is 4.68 Å². The maximum atomic E-state index is 14.2. The number of fused-ring (bicyclic) bond motifs is 3. The highest BCUT2D eigenvalue weighted by Gasteiger charge is 2.27. The third-order valence-electron chi connectivity index (χ3n) is 6.42. The maximum absolute atomic E-state index is 14.2. The molecule has 0 unspecified atom stereocenters. The molecule has 3 atom stereocenters. The van der Waals surface area contributed by atoms with Crippen molar-refractivity contribution < 1.29 is 14.2 Å². The molecule has 11 heteroatoms. The van der Waals surface area contributed by atoms with Crippen molar-refractivity contribution in [1.29, 1.82) is 0 Å². The quantitative estimate of drug-likeness (QED) is 0.472. The number of piperidine rings is 1. The first-order valence-electron chi connectivity index (χ1n) is 11.0. The fourth-order valence-electron chi connectivity index (χ4n) is 4.37. The van der Waals surface area contributed by atoms with Crippen molar-refractivity contribution in [3.05, 3.63) is 36.2 Å². The number of nitrogen functional groups attached to an aromatic ring is 1. The van der Waals surface area contributed by atoms with Gasteiger partial charge in [0.2, 0.25) is 5.95 Å². The van der Waals surface area contributed by atoms with Crippen molar-refractivity contribution in [2.75, 3.05) is 30.8 Å². The lowest BCUT2D eigenvalue weighted by atomic mass is 9.97. The van der Waals surface area contributed by atoms with E-state index in [2.05, 4.69) is 20.1 Å². The third-order valence-corrected chi connectivity index (χ3v) is 6.42. The van der Waals surface area contributed by atoms with E-state index in [1.54, 1.807) is 11.6 Å². The molecule has 174 valence electrons. The summed E-state index contributed by atoms with van der Waals surface area (Å²) < 4.78 is 22.7. The zero-order valence-corrected chi connectivity index (χ0v) is 18.8. The lowest BCUT2D eigenvalue weighted by Gasteiger charge is -2.32. The van der Waals surface area contributed by atoms with Gasteiger partial charge < -0.3 is 20.5 Å². The van der Waals surface area contributed by atoms with Crippen LogP contribution in [0.15, 0.2) is 24.5 Å². The molecule has 1 fully saturated rings. The Morgan fingerprint density at radius 2 is 2.09 bits per heavy atom. The van der Waals surface area contributed by atoms with E-state index < -0.39 is 11.9 Å². The summed E-state index contributed by atoms with van der Waals surface area (Å²) >= 11 is 0. The molecule has 1 aliphatic heterocycles. The normalized spacial score (nSPS) is 18.7. The van der Waals surface area contributed by atoms with E-state index in [0.717, 1.165) is 25.1 Å². The van der Waals surface area contributed by atoms with Crippen LogP contribution in [0.4, 0.5) is 16.0 Å². The Kier molecular flexibility index (Phi) is 5.28. The Bertz CT molecular complexity index is 1320. The van der Waals surface area contributed by atoms with Gasteiger partial charge in [0.1, 0.15) is 17.1 Å². The number of hydrogen-bond donors (Lipinski definition) is 2. The Balaban J connectivity index is 1.48. The molecule has 0 aliphatic carbocycles. The van der Waals surface area contributed by atoms with Crippen molar-refractivity contribution in [3.63, 3.8) is 0 Å². The predicted octanol–water partition coefficient (Wildman–Crippen LogP) is 2.53. The van der Waals surface area contributed by atoms with Crippen molar-refractivity contribution in [2.45, 2.75) is 44.8 Å². The molecule has 4 aromatic rings. The summed E-state index contributed by atoms with van der Waals surface area (Å²) in [6.45, 7) is 5.30. The molecule has 4 heterocycles. The second-order valence-corrected chi connectivity index (χ2v) is 8.62. The summed E-state index contributed by atoms with van der Waals surface area (Å²) in [5.41, 5.74) is 8.06. The summed E-state index contributed by atoms with van der Waals surface area (Å²) in [6, 6.07) is 2.55. The van der Waals surface area contributed by atoms with Crippen molar-refractivity contribution in [1.82, 2.24) is 29.4 Å². The van der Waals surface area contributed by atoms with Gasteiger partial charge in [0.25, 0.3) is 0 Å². The van der Waals surface area contributed by atoms with Crippen molar-refractivity contribution in [2.24, 2.45) is 0 Å². The topological polar surface area (TPSA) is 120 Å². The SMILES string of the molecule is COc1cc(F)cc2c1nc(N)n1nc([C@@H]3CCCN(c4cnn([C@H](C)[C@H](C)O)c4)C3)nc21. The van der Waals surface area contributed by atoms with Crippen LogP contribution in [0.2, 0.25) is 0 Å². The Morgan fingerprint density at radius 1 is 1.27 bits per heavy atom. The molecule has 1 aromatic carbocycles. The average molecular weight is 455 g/mol. The first kappa shape index (κ1) is 21.4. The highest BCUT2D eigenvalue weighted by Crippen LogP contribution is 2.32. The van der Waals surface area contributed by atoms with Crippen LogP contribution in [0.5, 0.6) is 5.75 Å². The first-order valence-corrected chi connectivity index (χ1v) is 11.0. The Hall–Kier alpha value is -3.47. The number of benzene rings is 1. The molecule has 1 aliphatic rings. The molecule has 0 amide bonds. The standard InChI is InChI=1S/C22H27FN8O2/c1-12(13(2)32)30-11-16(9-25-30)29-6-4-5-14(10-29)20-27-21-17-7-15(23)8-18(33-3)19(17)26-22(24)31(21)28-20/h7-9,11-14,32H,4-6,10H2,1-3H3,(H2,24,26)/t12-,13+,14-/m1/s1. The monoisotopic (exact) mass is 454 g/mol. The molecule has 10 nitrogen and oxygen atoms in total. The van der Waals surface area contributed by atoms with E-state index in [4.69, 9.17) is 15.5 Å². The number of rotatable bonds is 5.